The van der Waals surface area contributed by atoms with Crippen LogP contribution in [0.5, 0.6) is 11.5 Å². The van der Waals surface area contributed by atoms with Crippen molar-refractivity contribution in [2.24, 2.45) is 0 Å². The zero-order valence-corrected chi connectivity index (χ0v) is 8.73. The Hall–Kier alpha value is -1.70. The molecule has 0 radical (unpaired) electrons. The summed E-state index contributed by atoms with van der Waals surface area (Å²) < 4.78 is 5.51. The molecule has 0 heterocycles. The summed E-state index contributed by atoms with van der Waals surface area (Å²) in [4.78, 5) is 0. The summed E-state index contributed by atoms with van der Waals surface area (Å²) in [7, 11) is 0. The molecule has 2 heteroatoms. The first-order valence-electron chi connectivity index (χ1n) is 5.16. The third-order valence-corrected chi connectivity index (χ3v) is 2.30. The lowest BCUT2D eigenvalue weighted by molar-refractivity contribution is 0.318. The molecule has 0 unspecified atom stereocenters. The van der Waals surface area contributed by atoms with Gasteiger partial charge < -0.3 is 9.84 Å². The van der Waals surface area contributed by atoms with Crippen molar-refractivity contribution in [1.82, 2.24) is 0 Å². The van der Waals surface area contributed by atoms with Crippen LogP contribution in [0.1, 0.15) is 13.3 Å². The minimum atomic E-state index is 0.300. The minimum Gasteiger partial charge on any atom is -0.507 e. The molecular formula is C13H14O2. The van der Waals surface area contributed by atoms with E-state index in [1.165, 1.54) is 0 Å². The smallest absolute Gasteiger partial charge is 0.123 e. The van der Waals surface area contributed by atoms with Crippen LogP contribution in [0.3, 0.4) is 0 Å². The third kappa shape index (κ3) is 2.04. The lowest BCUT2D eigenvalue weighted by Crippen LogP contribution is -1.94. The summed E-state index contributed by atoms with van der Waals surface area (Å²) in [5.74, 6) is 1.11. The normalized spacial score (nSPS) is 10.5. The number of phenols is 1. The van der Waals surface area contributed by atoms with E-state index in [-0.39, 0.29) is 0 Å². The van der Waals surface area contributed by atoms with Gasteiger partial charge in [-0.05, 0) is 30.0 Å². The first-order chi connectivity index (χ1) is 7.31. The Kier molecular flexibility index (Phi) is 2.77. The van der Waals surface area contributed by atoms with Gasteiger partial charge >= 0.3 is 0 Å². The molecular weight excluding hydrogens is 188 g/mol. The molecule has 2 aromatic carbocycles. The maximum atomic E-state index is 9.67. The van der Waals surface area contributed by atoms with Crippen molar-refractivity contribution >= 4 is 10.8 Å². The second-order valence-electron chi connectivity index (χ2n) is 3.51. The van der Waals surface area contributed by atoms with E-state index < -0.39 is 0 Å². The molecule has 1 N–H and O–H groups in total. The number of phenolic OH excluding ortho intramolecular Hbond substituents is 1. The van der Waals surface area contributed by atoms with Gasteiger partial charge in [0.05, 0.1) is 6.61 Å². The van der Waals surface area contributed by atoms with E-state index in [2.05, 4.69) is 6.92 Å². The van der Waals surface area contributed by atoms with E-state index in [9.17, 15) is 5.11 Å². The Morgan fingerprint density at radius 3 is 2.87 bits per heavy atom. The van der Waals surface area contributed by atoms with Gasteiger partial charge in [0.1, 0.15) is 11.5 Å². The molecule has 0 fully saturated rings. The van der Waals surface area contributed by atoms with Gasteiger partial charge in [0.15, 0.2) is 0 Å². The van der Waals surface area contributed by atoms with E-state index in [4.69, 9.17) is 4.74 Å². The van der Waals surface area contributed by atoms with Crippen molar-refractivity contribution in [1.29, 1.82) is 0 Å². The maximum Gasteiger partial charge on any atom is 0.123 e. The number of fused-ring (bicyclic) bond motifs is 1. The predicted molar refractivity (Wildman–Crippen MR) is 61.4 cm³/mol. The van der Waals surface area contributed by atoms with Crippen molar-refractivity contribution in [2.45, 2.75) is 13.3 Å². The van der Waals surface area contributed by atoms with Crippen LogP contribution >= 0.6 is 0 Å². The number of hydrogen-bond acceptors (Lipinski definition) is 2. The van der Waals surface area contributed by atoms with Gasteiger partial charge in [-0.2, -0.15) is 0 Å². The van der Waals surface area contributed by atoms with Crippen LogP contribution in [-0.4, -0.2) is 11.7 Å². The van der Waals surface area contributed by atoms with Gasteiger partial charge in [-0.3, -0.25) is 0 Å². The molecule has 2 nitrogen and oxygen atoms in total. The van der Waals surface area contributed by atoms with Gasteiger partial charge in [0, 0.05) is 5.39 Å². The first kappa shape index (κ1) is 9.84. The van der Waals surface area contributed by atoms with E-state index >= 15 is 0 Å². The molecule has 15 heavy (non-hydrogen) atoms. The topological polar surface area (TPSA) is 29.5 Å². The van der Waals surface area contributed by atoms with Crippen molar-refractivity contribution in [2.75, 3.05) is 6.61 Å². The van der Waals surface area contributed by atoms with Gasteiger partial charge in [-0.15, -0.1) is 0 Å². The maximum absolute atomic E-state index is 9.67. The summed E-state index contributed by atoms with van der Waals surface area (Å²) in [5, 5.41) is 11.5. The molecule has 0 saturated carbocycles. The van der Waals surface area contributed by atoms with Crippen LogP contribution in [0.4, 0.5) is 0 Å². The summed E-state index contributed by atoms with van der Waals surface area (Å²) in [6.45, 7) is 2.78. The minimum absolute atomic E-state index is 0.300. The number of benzene rings is 2. The van der Waals surface area contributed by atoms with Gasteiger partial charge in [0.2, 0.25) is 0 Å². The molecule has 0 saturated heterocycles. The first-order valence-corrected chi connectivity index (χ1v) is 5.16. The Labute approximate surface area is 89.1 Å². The van der Waals surface area contributed by atoms with Gasteiger partial charge in [0.25, 0.3) is 0 Å². The fraction of sp³-hybridized carbons (Fsp3) is 0.231. The SMILES string of the molecule is CCCOc1ccc2cccc(O)c2c1. The quantitative estimate of drug-likeness (QED) is 0.827. The molecule has 0 aliphatic rings. The summed E-state index contributed by atoms with van der Waals surface area (Å²) >= 11 is 0. The highest BCUT2D eigenvalue weighted by atomic mass is 16.5. The van der Waals surface area contributed by atoms with Crippen molar-refractivity contribution in [3.63, 3.8) is 0 Å². The average Bonchev–Trinajstić information content (AvgIpc) is 2.27. The number of rotatable bonds is 3. The van der Waals surface area contributed by atoms with Crippen LogP contribution in [0.25, 0.3) is 10.8 Å². The molecule has 0 spiro atoms. The number of ether oxygens (including phenoxy) is 1. The van der Waals surface area contributed by atoms with Crippen molar-refractivity contribution in [3.05, 3.63) is 36.4 Å². The Bertz CT molecular complexity index is 463. The number of hydrogen-bond donors (Lipinski definition) is 1. The highest BCUT2D eigenvalue weighted by Gasteiger charge is 2.00. The summed E-state index contributed by atoms with van der Waals surface area (Å²) in [5.41, 5.74) is 0. The third-order valence-electron chi connectivity index (χ3n) is 2.30. The molecule has 0 aromatic heterocycles. The van der Waals surface area contributed by atoms with E-state index in [1.807, 2.05) is 30.3 Å². The lowest BCUT2D eigenvalue weighted by atomic mass is 10.1. The molecule has 0 atom stereocenters. The van der Waals surface area contributed by atoms with Crippen molar-refractivity contribution < 1.29 is 9.84 Å². The van der Waals surface area contributed by atoms with Gasteiger partial charge in [-0.1, -0.05) is 25.1 Å². The van der Waals surface area contributed by atoms with Crippen LogP contribution in [-0.2, 0) is 0 Å². The van der Waals surface area contributed by atoms with E-state index in [0.29, 0.717) is 12.4 Å². The molecule has 2 rings (SSSR count). The second kappa shape index (κ2) is 4.22. The zero-order chi connectivity index (χ0) is 10.7. The van der Waals surface area contributed by atoms with E-state index in [1.54, 1.807) is 6.07 Å². The zero-order valence-electron chi connectivity index (χ0n) is 8.73. The predicted octanol–water partition coefficient (Wildman–Crippen LogP) is 3.33. The van der Waals surface area contributed by atoms with Crippen LogP contribution < -0.4 is 4.74 Å². The van der Waals surface area contributed by atoms with Gasteiger partial charge in [-0.25, -0.2) is 0 Å². The Morgan fingerprint density at radius 2 is 2.07 bits per heavy atom. The lowest BCUT2D eigenvalue weighted by Gasteiger charge is -2.06. The molecule has 0 amide bonds. The monoisotopic (exact) mass is 202 g/mol. The Morgan fingerprint density at radius 1 is 1.20 bits per heavy atom. The van der Waals surface area contributed by atoms with Crippen molar-refractivity contribution in [3.8, 4) is 11.5 Å². The van der Waals surface area contributed by atoms with Crippen LogP contribution in [0.15, 0.2) is 36.4 Å². The molecule has 0 aliphatic carbocycles. The standard InChI is InChI=1S/C13H14O2/c1-2-8-15-11-7-6-10-4-3-5-13(14)12(10)9-11/h3-7,9,14H,2,8H2,1H3. The fourth-order valence-corrected chi connectivity index (χ4v) is 1.54. The largest absolute Gasteiger partial charge is 0.507 e. The van der Waals surface area contributed by atoms with E-state index in [0.717, 1.165) is 22.9 Å². The highest BCUT2D eigenvalue weighted by Crippen LogP contribution is 2.27. The average molecular weight is 202 g/mol. The second-order valence-corrected chi connectivity index (χ2v) is 3.51. The summed E-state index contributed by atoms with van der Waals surface area (Å²) in [6.07, 6.45) is 0.985. The number of aromatic hydroxyl groups is 1. The fourth-order valence-electron chi connectivity index (χ4n) is 1.54. The molecule has 78 valence electrons. The molecule has 0 bridgehead atoms. The van der Waals surface area contributed by atoms with Crippen LogP contribution in [0.2, 0.25) is 0 Å². The summed E-state index contributed by atoms with van der Waals surface area (Å²) in [6, 6.07) is 11.3. The van der Waals surface area contributed by atoms with Crippen LogP contribution in [0, 0.1) is 0 Å². The molecule has 0 aliphatic heterocycles. The Balaban J connectivity index is 2.41. The molecule has 2 aromatic rings. The highest BCUT2D eigenvalue weighted by molar-refractivity contribution is 5.89.